The standard InChI is InChI=1S/C9H16N4O/c1-14-8(5-10)4-9-12-11-6-13(9)7-2-3-7/h6-8H,2-5,10H2,1H3. The number of methoxy groups -OCH3 is 1. The second-order valence-electron chi connectivity index (χ2n) is 3.68. The Kier molecular flexibility index (Phi) is 2.79. The molecule has 0 amide bonds. The van der Waals surface area contributed by atoms with Gasteiger partial charge >= 0.3 is 0 Å². The van der Waals surface area contributed by atoms with Gasteiger partial charge in [-0.2, -0.15) is 0 Å². The summed E-state index contributed by atoms with van der Waals surface area (Å²) >= 11 is 0. The molecule has 14 heavy (non-hydrogen) atoms. The van der Waals surface area contributed by atoms with Crippen molar-refractivity contribution in [2.24, 2.45) is 5.73 Å². The molecule has 1 saturated carbocycles. The molecule has 5 heteroatoms. The molecule has 0 saturated heterocycles. The van der Waals surface area contributed by atoms with E-state index >= 15 is 0 Å². The third-order valence-electron chi connectivity index (χ3n) is 2.59. The molecule has 0 bridgehead atoms. The normalized spacial score (nSPS) is 18.4. The first-order valence-corrected chi connectivity index (χ1v) is 4.96. The van der Waals surface area contributed by atoms with Crippen LogP contribution in [0.15, 0.2) is 6.33 Å². The molecule has 1 unspecified atom stereocenters. The molecule has 2 N–H and O–H groups in total. The van der Waals surface area contributed by atoms with Crippen LogP contribution >= 0.6 is 0 Å². The smallest absolute Gasteiger partial charge is 0.135 e. The van der Waals surface area contributed by atoms with E-state index in [-0.39, 0.29) is 6.10 Å². The van der Waals surface area contributed by atoms with E-state index in [1.54, 1.807) is 13.4 Å². The highest BCUT2D eigenvalue weighted by Gasteiger charge is 2.26. The van der Waals surface area contributed by atoms with Crippen LogP contribution in [0.5, 0.6) is 0 Å². The second-order valence-corrected chi connectivity index (χ2v) is 3.68. The number of ether oxygens (including phenoxy) is 1. The van der Waals surface area contributed by atoms with Crippen molar-refractivity contribution in [1.29, 1.82) is 0 Å². The molecule has 5 nitrogen and oxygen atoms in total. The molecule has 1 aromatic heterocycles. The van der Waals surface area contributed by atoms with Crippen LogP contribution in [0, 0.1) is 0 Å². The summed E-state index contributed by atoms with van der Waals surface area (Å²) < 4.78 is 7.36. The second kappa shape index (κ2) is 4.06. The van der Waals surface area contributed by atoms with Crippen molar-refractivity contribution in [1.82, 2.24) is 14.8 Å². The maximum atomic E-state index is 5.56. The summed E-state index contributed by atoms with van der Waals surface area (Å²) in [6.07, 6.45) is 5.09. The van der Waals surface area contributed by atoms with E-state index in [1.807, 2.05) is 0 Å². The van der Waals surface area contributed by atoms with Gasteiger partial charge in [0.25, 0.3) is 0 Å². The fraction of sp³-hybridized carbons (Fsp3) is 0.778. The van der Waals surface area contributed by atoms with Gasteiger partial charge in [0.05, 0.1) is 6.10 Å². The number of nitrogens with zero attached hydrogens (tertiary/aromatic N) is 3. The van der Waals surface area contributed by atoms with Gasteiger partial charge in [-0.1, -0.05) is 0 Å². The SMILES string of the molecule is COC(CN)Cc1nncn1C1CC1. The molecule has 0 aliphatic heterocycles. The van der Waals surface area contributed by atoms with Gasteiger partial charge in [0.2, 0.25) is 0 Å². The zero-order chi connectivity index (χ0) is 9.97. The lowest BCUT2D eigenvalue weighted by atomic mass is 10.2. The average Bonchev–Trinajstić information content (AvgIpc) is 2.95. The molecule has 1 heterocycles. The van der Waals surface area contributed by atoms with Crippen LogP contribution in [-0.2, 0) is 11.2 Å². The summed E-state index contributed by atoms with van der Waals surface area (Å²) in [6, 6.07) is 0.621. The van der Waals surface area contributed by atoms with Gasteiger partial charge in [0, 0.05) is 26.1 Å². The van der Waals surface area contributed by atoms with Gasteiger partial charge in [0.15, 0.2) is 0 Å². The molecule has 0 spiro atoms. The van der Waals surface area contributed by atoms with Crippen LogP contribution in [0.2, 0.25) is 0 Å². The van der Waals surface area contributed by atoms with E-state index in [9.17, 15) is 0 Å². The Bertz CT molecular complexity index is 291. The first kappa shape index (κ1) is 9.61. The lowest BCUT2D eigenvalue weighted by Crippen LogP contribution is -2.26. The fourth-order valence-electron chi connectivity index (χ4n) is 1.54. The third-order valence-corrected chi connectivity index (χ3v) is 2.59. The Morgan fingerprint density at radius 3 is 3.07 bits per heavy atom. The number of aromatic nitrogens is 3. The van der Waals surface area contributed by atoms with Crippen molar-refractivity contribution < 1.29 is 4.74 Å². The summed E-state index contributed by atoms with van der Waals surface area (Å²) in [5.41, 5.74) is 5.56. The quantitative estimate of drug-likeness (QED) is 0.727. The van der Waals surface area contributed by atoms with E-state index in [2.05, 4.69) is 14.8 Å². The van der Waals surface area contributed by atoms with E-state index in [1.165, 1.54) is 12.8 Å². The van der Waals surface area contributed by atoms with Gasteiger partial charge in [0.1, 0.15) is 12.2 Å². The molecule has 2 rings (SSSR count). The third kappa shape index (κ3) is 1.93. The maximum Gasteiger partial charge on any atom is 0.135 e. The predicted molar refractivity (Wildman–Crippen MR) is 51.8 cm³/mol. The van der Waals surface area contributed by atoms with Crippen molar-refractivity contribution in [3.05, 3.63) is 12.2 Å². The number of nitrogens with two attached hydrogens (primary N) is 1. The summed E-state index contributed by atoms with van der Waals surface area (Å²) in [7, 11) is 1.68. The van der Waals surface area contributed by atoms with Gasteiger partial charge in [-0.05, 0) is 12.8 Å². The number of rotatable bonds is 5. The highest BCUT2D eigenvalue weighted by Crippen LogP contribution is 2.35. The molecule has 0 radical (unpaired) electrons. The molecule has 1 atom stereocenters. The van der Waals surface area contributed by atoms with E-state index in [0.29, 0.717) is 12.6 Å². The van der Waals surface area contributed by atoms with Gasteiger partial charge in [-0.3, -0.25) is 0 Å². The largest absolute Gasteiger partial charge is 0.380 e. The van der Waals surface area contributed by atoms with Crippen LogP contribution in [0.3, 0.4) is 0 Å². The van der Waals surface area contributed by atoms with Gasteiger partial charge in [-0.25, -0.2) is 0 Å². The van der Waals surface area contributed by atoms with Crippen molar-refractivity contribution in [3.8, 4) is 0 Å². The van der Waals surface area contributed by atoms with E-state index in [0.717, 1.165) is 12.2 Å². The Balaban J connectivity index is 2.03. The highest BCUT2D eigenvalue weighted by molar-refractivity contribution is 4.96. The Hall–Kier alpha value is -0.940. The van der Waals surface area contributed by atoms with Crippen molar-refractivity contribution in [2.75, 3.05) is 13.7 Å². The van der Waals surface area contributed by atoms with E-state index < -0.39 is 0 Å². The molecule has 1 aromatic rings. The average molecular weight is 196 g/mol. The minimum absolute atomic E-state index is 0.0525. The maximum absolute atomic E-state index is 5.56. The summed E-state index contributed by atoms with van der Waals surface area (Å²) in [4.78, 5) is 0. The topological polar surface area (TPSA) is 66.0 Å². The van der Waals surface area contributed by atoms with Crippen molar-refractivity contribution >= 4 is 0 Å². The fourth-order valence-corrected chi connectivity index (χ4v) is 1.54. The van der Waals surface area contributed by atoms with Gasteiger partial charge < -0.3 is 15.0 Å². The lowest BCUT2D eigenvalue weighted by Gasteiger charge is -2.12. The number of hydrogen-bond acceptors (Lipinski definition) is 4. The Morgan fingerprint density at radius 2 is 2.50 bits per heavy atom. The first-order valence-electron chi connectivity index (χ1n) is 4.96. The molecule has 78 valence electrons. The highest BCUT2D eigenvalue weighted by atomic mass is 16.5. The van der Waals surface area contributed by atoms with E-state index in [4.69, 9.17) is 10.5 Å². The predicted octanol–water partition coefficient (Wildman–Crippen LogP) is 0.129. The zero-order valence-corrected chi connectivity index (χ0v) is 8.39. The molecule has 1 fully saturated rings. The van der Waals surface area contributed by atoms with Crippen LogP contribution in [0.25, 0.3) is 0 Å². The minimum Gasteiger partial charge on any atom is -0.380 e. The summed E-state index contributed by atoms with van der Waals surface area (Å²) in [5, 5.41) is 8.01. The summed E-state index contributed by atoms with van der Waals surface area (Å²) in [6.45, 7) is 0.522. The molecule has 1 aliphatic carbocycles. The first-order chi connectivity index (χ1) is 6.85. The molecule has 1 aliphatic rings. The monoisotopic (exact) mass is 196 g/mol. The van der Waals surface area contributed by atoms with Crippen LogP contribution < -0.4 is 5.73 Å². The van der Waals surface area contributed by atoms with Crippen LogP contribution in [0.1, 0.15) is 24.7 Å². The van der Waals surface area contributed by atoms with Crippen LogP contribution in [0.4, 0.5) is 0 Å². The molecular formula is C9H16N4O. The number of hydrogen-bond donors (Lipinski definition) is 1. The Morgan fingerprint density at radius 1 is 1.71 bits per heavy atom. The summed E-state index contributed by atoms with van der Waals surface area (Å²) in [5.74, 6) is 0.991. The van der Waals surface area contributed by atoms with Crippen LogP contribution in [-0.4, -0.2) is 34.5 Å². The molecular weight excluding hydrogens is 180 g/mol. The van der Waals surface area contributed by atoms with Gasteiger partial charge in [-0.15, -0.1) is 10.2 Å². The molecule has 0 aromatic carbocycles. The lowest BCUT2D eigenvalue weighted by molar-refractivity contribution is 0.107. The minimum atomic E-state index is 0.0525. The zero-order valence-electron chi connectivity index (χ0n) is 8.39. The van der Waals surface area contributed by atoms with Crippen molar-refractivity contribution in [3.63, 3.8) is 0 Å². The van der Waals surface area contributed by atoms with Crippen molar-refractivity contribution in [2.45, 2.75) is 31.4 Å². The Labute approximate surface area is 83.3 Å².